The summed E-state index contributed by atoms with van der Waals surface area (Å²) in [6.07, 6.45) is 16.1. The van der Waals surface area contributed by atoms with Gasteiger partial charge in [0, 0.05) is 9.04 Å². The smallest absolute Gasteiger partial charge is 0.00451 e. The van der Waals surface area contributed by atoms with Crippen LogP contribution in [0.5, 0.6) is 0 Å². The summed E-state index contributed by atoms with van der Waals surface area (Å²) in [5.41, 5.74) is 0. The van der Waals surface area contributed by atoms with Gasteiger partial charge < -0.3 is 0 Å². The molecule has 0 unspecified atom stereocenters. The molecule has 0 rings (SSSR count). The molecule has 0 saturated carbocycles. The van der Waals surface area contributed by atoms with Crippen molar-refractivity contribution in [3.63, 3.8) is 0 Å². The Hall–Kier alpha value is 0.174. The highest BCUT2D eigenvalue weighted by Crippen LogP contribution is 2.07. The molecule has 2 heteroatoms. The molecule has 0 radical (unpaired) electrons. The molecule has 0 saturated heterocycles. The van der Waals surface area contributed by atoms with E-state index in [1.165, 1.54) is 61.1 Å². The molecule has 0 N–H and O–H groups in total. The first kappa shape index (κ1) is 14.2. The molecule has 0 fully saturated rings. The van der Waals surface area contributed by atoms with Gasteiger partial charge in [-0.2, -0.15) is 0 Å². The van der Waals surface area contributed by atoms with E-state index in [1.54, 1.807) is 6.04 Å². The number of allylic oxidation sites excluding steroid dienone is 2. The van der Waals surface area contributed by atoms with E-state index in [9.17, 15) is 0 Å². The lowest BCUT2D eigenvalue weighted by Gasteiger charge is -1.97. The van der Waals surface area contributed by atoms with Gasteiger partial charge in [-0.1, -0.05) is 57.2 Å². The third-order valence-electron chi connectivity index (χ3n) is 2.62. The molecule has 0 atom stereocenters. The van der Waals surface area contributed by atoms with E-state index < -0.39 is 0 Å². The van der Waals surface area contributed by atoms with Gasteiger partial charge in [0.25, 0.3) is 0 Å². The van der Waals surface area contributed by atoms with E-state index >= 15 is 0 Å². The highest BCUT2D eigenvalue weighted by Gasteiger charge is 1.87. The molecule has 0 aliphatic rings. The summed E-state index contributed by atoms with van der Waals surface area (Å²) in [5.74, 6) is 0. The number of hydrogen-bond acceptors (Lipinski definition) is 0. The van der Waals surface area contributed by atoms with Crippen LogP contribution in [0.25, 0.3) is 0 Å². The van der Waals surface area contributed by atoms with Crippen molar-refractivity contribution in [2.45, 2.75) is 64.3 Å². The minimum absolute atomic E-state index is 0.448. The van der Waals surface area contributed by atoms with Crippen molar-refractivity contribution in [1.29, 1.82) is 0 Å². The lowest BCUT2D eigenvalue weighted by molar-refractivity contribution is 0.611. The molecule has 0 aliphatic heterocycles. The van der Waals surface area contributed by atoms with Crippen LogP contribution in [0.4, 0.5) is 0 Å². The Morgan fingerprint density at radius 2 is 1.57 bits per heavy atom. The molecular weight excluding hydrogens is 200 g/mol. The average Bonchev–Trinajstić information content (AvgIpc) is 2.21. The fraction of sp³-hybridized carbons (Fsp3) is 0.833. The lowest BCUT2D eigenvalue weighted by Crippen LogP contribution is -1.84. The summed E-state index contributed by atoms with van der Waals surface area (Å²) >= 11 is 0. The van der Waals surface area contributed by atoms with Crippen LogP contribution >= 0.6 is 0 Å². The molecule has 0 aromatic carbocycles. The van der Waals surface area contributed by atoms with Crippen molar-refractivity contribution < 1.29 is 0 Å². The van der Waals surface area contributed by atoms with Crippen molar-refractivity contribution in [3.8, 4) is 0 Å². The van der Waals surface area contributed by atoms with E-state index in [2.05, 4.69) is 19.1 Å². The van der Waals surface area contributed by atoms with Crippen molar-refractivity contribution in [2.24, 2.45) is 0 Å². The first-order valence-corrected chi connectivity index (χ1v) is 13.2. The summed E-state index contributed by atoms with van der Waals surface area (Å²) < 4.78 is 0. The fourth-order valence-corrected chi connectivity index (χ4v) is 3.47. The summed E-state index contributed by atoms with van der Waals surface area (Å²) in [6.45, 7) is 2.28. The molecule has 14 heavy (non-hydrogen) atoms. The van der Waals surface area contributed by atoms with Crippen molar-refractivity contribution >= 4 is 18.8 Å². The van der Waals surface area contributed by atoms with Gasteiger partial charge in [0.05, 0.1) is 0 Å². The molecule has 0 aromatic rings. The zero-order valence-electron chi connectivity index (χ0n) is 10.2. The van der Waals surface area contributed by atoms with Crippen LogP contribution in [0.1, 0.15) is 58.3 Å². The van der Waals surface area contributed by atoms with Gasteiger partial charge in [0.1, 0.15) is 0 Å². The predicted molar refractivity (Wildman–Crippen MR) is 75.0 cm³/mol. The first-order valence-electron chi connectivity index (χ1n) is 6.56. The maximum atomic E-state index is 2.41. The largest absolute Gasteiger partial charge is 0.0888 e. The van der Waals surface area contributed by atoms with E-state index in [0.29, 0.717) is 9.04 Å². The monoisotopic (exact) mass is 228 g/mol. The topological polar surface area (TPSA) is 0 Å². The van der Waals surface area contributed by atoms with Crippen LogP contribution in [0, 0.1) is 0 Å². The Kier molecular flexibility index (Phi) is 13.3. The van der Waals surface area contributed by atoms with Gasteiger partial charge in [-0.3, -0.25) is 0 Å². The highest BCUT2D eigenvalue weighted by atomic mass is 29.1. The van der Waals surface area contributed by atoms with Crippen molar-refractivity contribution in [3.05, 3.63) is 12.2 Å². The molecule has 84 valence electrons. The zero-order valence-corrected chi connectivity index (χ0v) is 13.6. The summed E-state index contributed by atoms with van der Waals surface area (Å²) in [6, 6.07) is 1.55. The third-order valence-corrected chi connectivity index (χ3v) is 5.85. The third kappa shape index (κ3) is 12.2. The maximum Gasteiger partial charge on any atom is 0.00451 e. The van der Waals surface area contributed by atoms with Crippen LogP contribution in [0.3, 0.4) is 0 Å². The van der Waals surface area contributed by atoms with Gasteiger partial charge in [-0.25, -0.2) is 0 Å². The molecule has 0 spiro atoms. The van der Waals surface area contributed by atoms with E-state index in [0.717, 1.165) is 0 Å². The van der Waals surface area contributed by atoms with Gasteiger partial charge in [-0.05, 0) is 29.0 Å². The zero-order chi connectivity index (χ0) is 10.5. The molecule has 0 amide bonds. The van der Waals surface area contributed by atoms with E-state index in [4.69, 9.17) is 0 Å². The number of hydrogen-bond donors (Lipinski definition) is 0. The molecule has 0 aliphatic carbocycles. The fourth-order valence-electron chi connectivity index (χ4n) is 1.60. The Morgan fingerprint density at radius 3 is 2.29 bits per heavy atom. The molecular formula is C12H28Si2. The minimum atomic E-state index is 0.448. The lowest BCUT2D eigenvalue weighted by atomic mass is 10.1. The van der Waals surface area contributed by atoms with Crippen molar-refractivity contribution in [1.82, 2.24) is 0 Å². The van der Waals surface area contributed by atoms with E-state index in [-0.39, 0.29) is 0 Å². The second-order valence-corrected chi connectivity index (χ2v) is 8.88. The average molecular weight is 229 g/mol. The van der Waals surface area contributed by atoms with Gasteiger partial charge in [0.2, 0.25) is 0 Å². The second kappa shape index (κ2) is 13.2. The Morgan fingerprint density at radius 1 is 0.929 bits per heavy atom. The minimum Gasteiger partial charge on any atom is -0.0888 e. The van der Waals surface area contributed by atoms with Crippen molar-refractivity contribution in [2.75, 3.05) is 0 Å². The molecule has 0 nitrogen and oxygen atoms in total. The van der Waals surface area contributed by atoms with Gasteiger partial charge in [0.15, 0.2) is 0 Å². The maximum absolute atomic E-state index is 2.41. The standard InChI is InChI=1S/C12H28Si2/c1-2-3-4-5-6-7-8-9-10-11-12-14-13/h9-10H,2-8,11-12,14H2,1,13H3. The van der Waals surface area contributed by atoms with Crippen LogP contribution in [-0.4, -0.2) is 18.8 Å². The molecule has 0 bridgehead atoms. The first-order chi connectivity index (χ1) is 6.91. The highest BCUT2D eigenvalue weighted by molar-refractivity contribution is 6.89. The molecule has 0 aromatic heterocycles. The Bertz CT molecular complexity index is 121. The van der Waals surface area contributed by atoms with Crippen LogP contribution in [0.15, 0.2) is 12.2 Å². The Labute approximate surface area is 95.6 Å². The van der Waals surface area contributed by atoms with E-state index in [1.807, 2.05) is 0 Å². The normalized spacial score (nSPS) is 12.4. The second-order valence-electron chi connectivity index (χ2n) is 4.17. The quantitative estimate of drug-likeness (QED) is 0.306. The summed E-state index contributed by atoms with van der Waals surface area (Å²) in [5, 5.41) is 0. The summed E-state index contributed by atoms with van der Waals surface area (Å²) in [7, 11) is 1.96. The Balaban J connectivity index is 2.94. The summed E-state index contributed by atoms with van der Waals surface area (Å²) in [4.78, 5) is 0. The predicted octanol–water partition coefficient (Wildman–Crippen LogP) is 2.55. The van der Waals surface area contributed by atoms with Crippen LogP contribution in [0.2, 0.25) is 6.04 Å². The number of rotatable bonds is 10. The van der Waals surface area contributed by atoms with Gasteiger partial charge >= 0.3 is 0 Å². The number of unbranched alkanes of at least 4 members (excludes halogenated alkanes) is 6. The van der Waals surface area contributed by atoms with Crippen LogP contribution in [-0.2, 0) is 0 Å². The molecule has 0 heterocycles. The SMILES string of the molecule is CCCCCCCCC=CCC[SiH2][SiH3]. The van der Waals surface area contributed by atoms with Gasteiger partial charge in [-0.15, -0.1) is 0 Å². The van der Waals surface area contributed by atoms with Crippen LogP contribution < -0.4 is 0 Å².